The molecule has 2 rings (SSSR count). The highest BCUT2D eigenvalue weighted by atomic mass is 35.5. The minimum atomic E-state index is -0.997. The number of carbonyl (C=O) groups excluding carboxylic acids is 2. The fourth-order valence-corrected chi connectivity index (χ4v) is 2.56. The highest BCUT2D eigenvalue weighted by Gasteiger charge is 2.19. The second kappa shape index (κ2) is 11.3. The third kappa shape index (κ3) is 6.85. The summed E-state index contributed by atoms with van der Waals surface area (Å²) in [6.45, 7) is 5.22. The molecule has 10 heteroatoms. The molecule has 1 unspecified atom stereocenters. The van der Waals surface area contributed by atoms with Gasteiger partial charge in [-0.2, -0.15) is 0 Å². The average Bonchev–Trinajstić information content (AvgIpc) is 3.22. The van der Waals surface area contributed by atoms with E-state index in [2.05, 4.69) is 22.4 Å². The van der Waals surface area contributed by atoms with Gasteiger partial charge >= 0.3 is 0 Å². The van der Waals surface area contributed by atoms with Crippen molar-refractivity contribution >= 4 is 23.4 Å². The largest absolute Gasteiger partial charge is 0.484 e. The Morgan fingerprint density at radius 1 is 1.43 bits per heavy atom. The Bertz CT molecular complexity index is 889. The van der Waals surface area contributed by atoms with Crippen LogP contribution in [0.2, 0.25) is 5.02 Å². The van der Waals surface area contributed by atoms with Gasteiger partial charge in [0.1, 0.15) is 17.3 Å². The van der Waals surface area contributed by atoms with Crippen LogP contribution in [0.5, 0.6) is 5.75 Å². The molecule has 0 bridgehead atoms. The summed E-state index contributed by atoms with van der Waals surface area (Å²) in [6.07, 6.45) is 1.15. The topological polar surface area (TPSA) is 114 Å². The molecule has 30 heavy (non-hydrogen) atoms. The number of carbonyl (C=O) groups is 2. The highest BCUT2D eigenvalue weighted by molar-refractivity contribution is 6.30. The number of rotatable bonds is 11. The summed E-state index contributed by atoms with van der Waals surface area (Å²) in [5, 5.41) is 19.0. The maximum Gasteiger partial charge on any atom is 0.273 e. The van der Waals surface area contributed by atoms with Gasteiger partial charge in [0.05, 0.1) is 17.2 Å². The Kier molecular flexibility index (Phi) is 8.82. The first-order chi connectivity index (χ1) is 14.3. The minimum Gasteiger partial charge on any atom is -0.484 e. The van der Waals surface area contributed by atoms with E-state index in [9.17, 15) is 19.1 Å². The number of benzene rings is 1. The number of nitrogens with zero attached hydrogens (tertiary/aromatic N) is 1. The third-order valence-electron chi connectivity index (χ3n) is 4.12. The van der Waals surface area contributed by atoms with Crippen molar-refractivity contribution in [3.05, 3.63) is 59.2 Å². The monoisotopic (exact) mass is 439 g/mol. The zero-order valence-corrected chi connectivity index (χ0v) is 17.1. The number of hydrogen-bond donors (Lipinski definition) is 3. The minimum absolute atomic E-state index is 0.0527. The smallest absolute Gasteiger partial charge is 0.273 e. The molecule has 2 atom stereocenters. The fourth-order valence-electron chi connectivity index (χ4n) is 2.45. The molecular formula is C20H23ClFN3O5. The van der Waals surface area contributed by atoms with Crippen molar-refractivity contribution in [1.29, 1.82) is 0 Å². The maximum absolute atomic E-state index is 13.4. The molecule has 0 saturated heterocycles. The molecule has 2 aromatic rings. The zero-order chi connectivity index (χ0) is 22.1. The summed E-state index contributed by atoms with van der Waals surface area (Å²) in [5.74, 6) is -0.878. The predicted molar refractivity (Wildman–Crippen MR) is 108 cm³/mol. The molecule has 0 aliphatic rings. The third-order valence-corrected chi connectivity index (χ3v) is 4.43. The van der Waals surface area contributed by atoms with Crippen molar-refractivity contribution < 1.29 is 28.3 Å². The van der Waals surface area contributed by atoms with Crippen LogP contribution in [-0.2, 0) is 11.2 Å². The van der Waals surface area contributed by atoms with Crippen LogP contribution in [-0.4, -0.2) is 47.4 Å². The lowest BCUT2D eigenvalue weighted by Gasteiger charge is -2.21. The van der Waals surface area contributed by atoms with Crippen LogP contribution in [0.15, 0.2) is 41.4 Å². The van der Waals surface area contributed by atoms with Crippen LogP contribution in [0.25, 0.3) is 0 Å². The molecule has 1 aromatic heterocycles. The normalized spacial score (nSPS) is 12.7. The van der Waals surface area contributed by atoms with Crippen molar-refractivity contribution in [2.75, 3.05) is 13.2 Å². The first-order valence-electron chi connectivity index (χ1n) is 9.25. The number of amides is 2. The summed E-state index contributed by atoms with van der Waals surface area (Å²) < 4.78 is 23.6. The Morgan fingerprint density at radius 2 is 2.20 bits per heavy atom. The van der Waals surface area contributed by atoms with Crippen LogP contribution < -0.4 is 15.4 Å². The first-order valence-corrected chi connectivity index (χ1v) is 9.63. The van der Waals surface area contributed by atoms with Crippen LogP contribution >= 0.6 is 11.6 Å². The highest BCUT2D eigenvalue weighted by Crippen LogP contribution is 2.20. The van der Waals surface area contributed by atoms with E-state index in [0.717, 1.165) is 6.07 Å². The SMILES string of the molecule is C=CC(NC(=O)COc1ccc(Cl)c(F)c1)[C@@H](O)CCNC(=O)c1cc(CC)on1. The van der Waals surface area contributed by atoms with Gasteiger partial charge in [-0.3, -0.25) is 9.59 Å². The molecule has 0 fully saturated rings. The number of aliphatic hydroxyl groups excluding tert-OH is 1. The van der Waals surface area contributed by atoms with Gasteiger partial charge in [-0.1, -0.05) is 29.8 Å². The van der Waals surface area contributed by atoms with Crippen LogP contribution in [0.1, 0.15) is 29.6 Å². The molecular weight excluding hydrogens is 417 g/mol. The number of ether oxygens (including phenoxy) is 1. The number of hydrogen-bond acceptors (Lipinski definition) is 6. The fraction of sp³-hybridized carbons (Fsp3) is 0.350. The second-order valence-electron chi connectivity index (χ2n) is 6.34. The quantitative estimate of drug-likeness (QED) is 0.463. The van der Waals surface area contributed by atoms with Crippen molar-refractivity contribution in [2.24, 2.45) is 0 Å². The lowest BCUT2D eigenvalue weighted by molar-refractivity contribution is -0.124. The number of aliphatic hydroxyl groups is 1. The number of halogens is 2. The molecule has 1 aromatic carbocycles. The molecule has 2 amide bonds. The van der Waals surface area contributed by atoms with E-state index in [1.807, 2.05) is 6.92 Å². The van der Waals surface area contributed by atoms with Gasteiger partial charge in [0, 0.05) is 25.1 Å². The van der Waals surface area contributed by atoms with Crippen LogP contribution in [0.3, 0.4) is 0 Å². The van der Waals surface area contributed by atoms with Gasteiger partial charge in [-0.05, 0) is 18.6 Å². The molecule has 0 aliphatic carbocycles. The summed E-state index contributed by atoms with van der Waals surface area (Å²) in [4.78, 5) is 24.0. The van der Waals surface area contributed by atoms with Gasteiger partial charge in [0.15, 0.2) is 12.3 Å². The Morgan fingerprint density at radius 3 is 2.83 bits per heavy atom. The van der Waals surface area contributed by atoms with Crippen LogP contribution in [0.4, 0.5) is 4.39 Å². The molecule has 162 valence electrons. The summed E-state index contributed by atoms with van der Waals surface area (Å²) in [6, 6.07) is 4.59. The van der Waals surface area contributed by atoms with Crippen molar-refractivity contribution in [2.45, 2.75) is 31.9 Å². The Labute approximate surface area is 178 Å². The first kappa shape index (κ1) is 23.4. The van der Waals surface area contributed by atoms with Gasteiger partial charge < -0.3 is 25.0 Å². The predicted octanol–water partition coefficient (Wildman–Crippen LogP) is 2.26. The standard InChI is InChI=1S/C20H23ClFN3O5/c1-3-12-10-17(25-30-12)20(28)23-8-7-18(26)16(4-2)24-19(27)11-29-13-5-6-14(21)15(22)9-13/h4-6,9-10,16,18,26H,2-3,7-8,11H2,1H3,(H,23,28)(H,24,27)/t16?,18-/m0/s1. The van der Waals surface area contributed by atoms with Crippen LogP contribution in [0, 0.1) is 5.82 Å². The Balaban J connectivity index is 1.75. The van der Waals surface area contributed by atoms with E-state index in [-0.39, 0.29) is 36.0 Å². The lowest BCUT2D eigenvalue weighted by atomic mass is 10.1. The van der Waals surface area contributed by atoms with E-state index in [1.165, 1.54) is 18.2 Å². The zero-order valence-electron chi connectivity index (χ0n) is 16.4. The van der Waals surface area contributed by atoms with Gasteiger partial charge in [0.25, 0.3) is 11.8 Å². The molecule has 0 aliphatic heterocycles. The summed E-state index contributed by atoms with van der Waals surface area (Å²) in [5.41, 5.74) is 0.158. The molecule has 8 nitrogen and oxygen atoms in total. The second-order valence-corrected chi connectivity index (χ2v) is 6.74. The van der Waals surface area contributed by atoms with E-state index in [4.69, 9.17) is 20.9 Å². The summed E-state index contributed by atoms with van der Waals surface area (Å²) in [7, 11) is 0. The van der Waals surface area contributed by atoms with E-state index in [1.54, 1.807) is 6.07 Å². The van der Waals surface area contributed by atoms with Gasteiger partial charge in [-0.25, -0.2) is 4.39 Å². The number of aryl methyl sites for hydroxylation is 1. The van der Waals surface area contributed by atoms with Crippen molar-refractivity contribution in [3.8, 4) is 5.75 Å². The molecule has 3 N–H and O–H groups in total. The average molecular weight is 440 g/mol. The molecule has 0 saturated carbocycles. The number of nitrogens with one attached hydrogen (secondary N) is 2. The summed E-state index contributed by atoms with van der Waals surface area (Å²) >= 11 is 5.59. The molecule has 0 radical (unpaired) electrons. The van der Waals surface area contributed by atoms with Crippen molar-refractivity contribution in [1.82, 2.24) is 15.8 Å². The number of aromatic nitrogens is 1. The van der Waals surface area contributed by atoms with Crippen molar-refractivity contribution in [3.63, 3.8) is 0 Å². The van der Waals surface area contributed by atoms with E-state index in [0.29, 0.717) is 12.2 Å². The molecule has 1 heterocycles. The van der Waals surface area contributed by atoms with Gasteiger partial charge in [0.2, 0.25) is 0 Å². The van der Waals surface area contributed by atoms with E-state index < -0.39 is 29.8 Å². The lowest BCUT2D eigenvalue weighted by Crippen LogP contribution is -2.45. The van der Waals surface area contributed by atoms with E-state index >= 15 is 0 Å². The Hall–Kier alpha value is -2.91. The maximum atomic E-state index is 13.4. The van der Waals surface area contributed by atoms with Gasteiger partial charge in [-0.15, -0.1) is 6.58 Å². The molecule has 0 spiro atoms.